The Morgan fingerprint density at radius 2 is 1.77 bits per heavy atom. The maximum Gasteiger partial charge on any atom is 0.225 e. The number of aromatic nitrogens is 1. The Kier molecular flexibility index (Phi) is 6.02. The van der Waals surface area contributed by atoms with Crippen LogP contribution in [0.1, 0.15) is 24.3 Å². The van der Waals surface area contributed by atoms with Gasteiger partial charge >= 0.3 is 0 Å². The summed E-state index contributed by atoms with van der Waals surface area (Å²) in [6, 6.07) is 8.41. The summed E-state index contributed by atoms with van der Waals surface area (Å²) in [5, 5.41) is 1.14. The fraction of sp³-hybridized carbons (Fsp3) is 0.636. The van der Waals surface area contributed by atoms with Gasteiger partial charge in [0, 0.05) is 38.1 Å². The highest BCUT2D eigenvalue weighted by Gasteiger charge is 2.36. The Morgan fingerprint density at radius 1 is 1.03 bits per heavy atom. The van der Waals surface area contributed by atoms with Crippen LogP contribution in [-0.2, 0) is 21.2 Å². The van der Waals surface area contributed by atoms with Crippen molar-refractivity contribution in [1.29, 1.82) is 0 Å². The van der Waals surface area contributed by atoms with Gasteiger partial charge in [-0.2, -0.15) is 0 Å². The van der Waals surface area contributed by atoms with Crippen LogP contribution in [-0.4, -0.2) is 90.8 Å². The van der Waals surface area contributed by atoms with Gasteiger partial charge in [0.15, 0.2) is 9.84 Å². The number of sulfone groups is 1. The number of piperazine rings is 1. The van der Waals surface area contributed by atoms with Crippen LogP contribution in [0.15, 0.2) is 24.3 Å². The zero-order valence-electron chi connectivity index (χ0n) is 17.8. The third-order valence-electron chi connectivity index (χ3n) is 6.98. The standard InChI is InChI=1S/C22H30N4O3S2/c27-22(17-5-8-25(9-6-17)18-7-14-31(28,29)16-18)26-12-10-24(11-13-26)15-21-23-19-3-1-2-4-20(19)30-21/h1-4,17-18H,5-16H2/t18-/m1/s1. The van der Waals surface area contributed by atoms with E-state index in [4.69, 9.17) is 4.98 Å². The highest BCUT2D eigenvalue weighted by atomic mass is 32.2. The van der Waals surface area contributed by atoms with Crippen molar-refractivity contribution >= 4 is 37.3 Å². The van der Waals surface area contributed by atoms with E-state index in [2.05, 4.69) is 28.0 Å². The minimum Gasteiger partial charge on any atom is -0.340 e. The number of hydrogen-bond donors (Lipinski definition) is 0. The van der Waals surface area contributed by atoms with Crippen LogP contribution in [0.5, 0.6) is 0 Å². The summed E-state index contributed by atoms with van der Waals surface area (Å²) >= 11 is 1.76. The molecule has 0 N–H and O–H groups in total. The normalized spacial score (nSPS) is 25.9. The molecule has 0 radical (unpaired) electrons. The maximum absolute atomic E-state index is 13.0. The highest BCUT2D eigenvalue weighted by Crippen LogP contribution is 2.27. The second-order valence-corrected chi connectivity index (χ2v) is 12.4. The molecule has 0 aliphatic carbocycles. The Morgan fingerprint density at radius 3 is 2.45 bits per heavy atom. The summed E-state index contributed by atoms with van der Waals surface area (Å²) in [5.41, 5.74) is 1.07. The number of benzene rings is 1. The molecule has 3 fully saturated rings. The van der Waals surface area contributed by atoms with E-state index < -0.39 is 9.84 Å². The second kappa shape index (κ2) is 8.77. The molecule has 0 spiro atoms. The van der Waals surface area contributed by atoms with Gasteiger partial charge in [-0.15, -0.1) is 11.3 Å². The molecule has 1 aromatic carbocycles. The number of likely N-dealkylation sites (tertiary alicyclic amines) is 1. The molecule has 1 aromatic heterocycles. The quantitative estimate of drug-likeness (QED) is 0.690. The summed E-state index contributed by atoms with van der Waals surface area (Å²) in [5.74, 6) is 0.989. The van der Waals surface area contributed by atoms with Crippen LogP contribution in [0.2, 0.25) is 0 Å². The smallest absolute Gasteiger partial charge is 0.225 e. The lowest BCUT2D eigenvalue weighted by atomic mass is 9.94. The minimum atomic E-state index is -2.85. The number of hydrogen-bond acceptors (Lipinski definition) is 7. The lowest BCUT2D eigenvalue weighted by molar-refractivity contribution is -0.139. The number of fused-ring (bicyclic) bond motifs is 1. The Labute approximate surface area is 187 Å². The molecule has 1 amide bonds. The van der Waals surface area contributed by atoms with Crippen LogP contribution in [0.3, 0.4) is 0 Å². The van der Waals surface area contributed by atoms with E-state index in [-0.39, 0.29) is 12.0 Å². The average Bonchev–Trinajstić information content (AvgIpc) is 3.36. The van der Waals surface area contributed by atoms with Crippen LogP contribution in [0.4, 0.5) is 0 Å². The predicted molar refractivity (Wildman–Crippen MR) is 123 cm³/mol. The van der Waals surface area contributed by atoms with Crippen molar-refractivity contribution in [2.24, 2.45) is 5.92 Å². The first-order valence-corrected chi connectivity index (χ1v) is 13.9. The van der Waals surface area contributed by atoms with Crippen molar-refractivity contribution in [2.45, 2.75) is 31.8 Å². The third kappa shape index (κ3) is 4.79. The molecule has 0 unspecified atom stereocenters. The van der Waals surface area contributed by atoms with Crippen molar-refractivity contribution in [3.8, 4) is 0 Å². The van der Waals surface area contributed by atoms with Gasteiger partial charge in [0.25, 0.3) is 0 Å². The molecule has 3 aliphatic rings. The summed E-state index contributed by atoms with van der Waals surface area (Å²) in [6.07, 6.45) is 2.44. The second-order valence-electron chi connectivity index (χ2n) is 9.04. The van der Waals surface area contributed by atoms with Gasteiger partial charge in [-0.3, -0.25) is 14.6 Å². The van der Waals surface area contributed by atoms with Gasteiger partial charge in [0.2, 0.25) is 5.91 Å². The first-order chi connectivity index (χ1) is 15.0. The van der Waals surface area contributed by atoms with Crippen LogP contribution < -0.4 is 0 Å². The third-order valence-corrected chi connectivity index (χ3v) is 9.76. The summed E-state index contributed by atoms with van der Waals surface area (Å²) in [7, 11) is -2.85. The van der Waals surface area contributed by atoms with Crippen molar-refractivity contribution in [3.05, 3.63) is 29.3 Å². The molecule has 0 saturated carbocycles. The molecular weight excluding hydrogens is 432 g/mol. The van der Waals surface area contributed by atoms with E-state index in [1.54, 1.807) is 11.3 Å². The fourth-order valence-corrected chi connectivity index (χ4v) is 7.91. The van der Waals surface area contributed by atoms with E-state index in [0.717, 1.165) is 75.6 Å². The summed E-state index contributed by atoms with van der Waals surface area (Å²) in [6.45, 7) is 5.88. The SMILES string of the molecule is O=C(C1CCN([C@@H]2CCS(=O)(=O)C2)CC1)N1CCN(Cc2nc3ccccc3s2)CC1. The van der Waals surface area contributed by atoms with E-state index in [1.165, 1.54) is 4.70 Å². The molecule has 168 valence electrons. The maximum atomic E-state index is 13.0. The number of carbonyl (C=O) groups is 1. The molecule has 5 rings (SSSR count). The number of nitrogens with zero attached hydrogens (tertiary/aromatic N) is 4. The van der Waals surface area contributed by atoms with E-state index in [0.29, 0.717) is 17.4 Å². The Hall–Kier alpha value is -1.55. The van der Waals surface area contributed by atoms with E-state index in [1.807, 2.05) is 11.0 Å². The number of amides is 1. The number of thiazole rings is 1. The minimum absolute atomic E-state index is 0.0880. The van der Waals surface area contributed by atoms with Crippen LogP contribution in [0, 0.1) is 5.92 Å². The lowest BCUT2D eigenvalue weighted by Crippen LogP contribution is -2.52. The summed E-state index contributed by atoms with van der Waals surface area (Å²) < 4.78 is 24.7. The zero-order chi connectivity index (χ0) is 21.4. The monoisotopic (exact) mass is 462 g/mol. The van der Waals surface area contributed by atoms with Gasteiger partial charge in [-0.25, -0.2) is 13.4 Å². The number of piperidine rings is 1. The lowest BCUT2D eigenvalue weighted by Gasteiger charge is -2.39. The predicted octanol–water partition coefficient (Wildman–Crippen LogP) is 1.84. The highest BCUT2D eigenvalue weighted by molar-refractivity contribution is 7.91. The number of carbonyl (C=O) groups excluding carboxylic acids is 1. The van der Waals surface area contributed by atoms with Crippen molar-refractivity contribution < 1.29 is 13.2 Å². The molecule has 9 heteroatoms. The molecule has 0 bridgehead atoms. The molecule has 1 atom stereocenters. The fourth-order valence-electron chi connectivity index (χ4n) is 5.14. The Bertz CT molecular complexity index is 1000. The Balaban J connectivity index is 1.09. The van der Waals surface area contributed by atoms with Crippen molar-refractivity contribution in [2.75, 3.05) is 50.8 Å². The van der Waals surface area contributed by atoms with Crippen molar-refractivity contribution in [1.82, 2.24) is 19.7 Å². The first-order valence-electron chi connectivity index (χ1n) is 11.3. The topological polar surface area (TPSA) is 73.8 Å². The molecule has 3 saturated heterocycles. The van der Waals surface area contributed by atoms with Crippen LogP contribution in [0.25, 0.3) is 10.2 Å². The van der Waals surface area contributed by atoms with Crippen LogP contribution >= 0.6 is 11.3 Å². The molecule has 7 nitrogen and oxygen atoms in total. The zero-order valence-corrected chi connectivity index (χ0v) is 19.4. The van der Waals surface area contributed by atoms with Gasteiger partial charge in [0.05, 0.1) is 28.3 Å². The molecule has 3 aliphatic heterocycles. The van der Waals surface area contributed by atoms with Gasteiger partial charge in [-0.05, 0) is 44.5 Å². The van der Waals surface area contributed by atoms with Gasteiger partial charge in [-0.1, -0.05) is 12.1 Å². The van der Waals surface area contributed by atoms with E-state index >= 15 is 0 Å². The molecule has 4 heterocycles. The largest absolute Gasteiger partial charge is 0.340 e. The first kappa shape index (κ1) is 21.3. The van der Waals surface area contributed by atoms with E-state index in [9.17, 15) is 13.2 Å². The summed E-state index contributed by atoms with van der Waals surface area (Å²) in [4.78, 5) is 24.5. The van der Waals surface area contributed by atoms with Gasteiger partial charge in [0.1, 0.15) is 5.01 Å². The molecule has 2 aromatic rings. The van der Waals surface area contributed by atoms with Crippen molar-refractivity contribution in [3.63, 3.8) is 0 Å². The number of para-hydroxylation sites is 1. The molecular formula is C22H30N4O3S2. The number of rotatable bonds is 4. The average molecular weight is 463 g/mol. The van der Waals surface area contributed by atoms with Gasteiger partial charge < -0.3 is 4.90 Å². The molecule has 31 heavy (non-hydrogen) atoms.